The van der Waals surface area contributed by atoms with Gasteiger partial charge < -0.3 is 10.6 Å². The lowest BCUT2D eigenvalue weighted by molar-refractivity contribution is -0.126. The number of aryl methyl sites for hydroxylation is 1. The molecule has 0 aliphatic rings. The molecule has 2 N–H and O–H groups in total. The summed E-state index contributed by atoms with van der Waals surface area (Å²) < 4.78 is 0. The average molecular weight is 304 g/mol. The van der Waals surface area contributed by atoms with Gasteiger partial charge in [-0.2, -0.15) is 0 Å². The molecule has 0 aliphatic carbocycles. The van der Waals surface area contributed by atoms with Crippen molar-refractivity contribution in [2.45, 2.75) is 59.4 Å². The van der Waals surface area contributed by atoms with Crippen molar-refractivity contribution < 1.29 is 9.59 Å². The van der Waals surface area contributed by atoms with E-state index in [1.807, 2.05) is 38.1 Å². The zero-order valence-corrected chi connectivity index (χ0v) is 14.1. The number of benzene rings is 1. The summed E-state index contributed by atoms with van der Waals surface area (Å²) in [5.41, 5.74) is 2.05. The van der Waals surface area contributed by atoms with Crippen LogP contribution in [0.25, 0.3) is 0 Å². The third kappa shape index (κ3) is 6.29. The van der Waals surface area contributed by atoms with E-state index in [2.05, 4.69) is 17.6 Å². The molecule has 0 aromatic heterocycles. The summed E-state index contributed by atoms with van der Waals surface area (Å²) in [6.45, 7) is 7.45. The molecule has 0 unspecified atom stereocenters. The Kier molecular flexibility index (Phi) is 7.64. The van der Waals surface area contributed by atoms with Crippen LogP contribution in [0.1, 0.15) is 52.5 Å². The number of hydrogen-bond donors (Lipinski definition) is 2. The van der Waals surface area contributed by atoms with Gasteiger partial charge in [0.2, 0.25) is 11.8 Å². The lowest BCUT2D eigenvalue weighted by Gasteiger charge is -2.21. The molecule has 0 bridgehead atoms. The van der Waals surface area contributed by atoms with Gasteiger partial charge in [-0.3, -0.25) is 9.59 Å². The van der Waals surface area contributed by atoms with Crippen molar-refractivity contribution in [3.8, 4) is 0 Å². The molecule has 0 saturated carbocycles. The highest BCUT2D eigenvalue weighted by molar-refractivity contribution is 5.97. The van der Waals surface area contributed by atoms with Gasteiger partial charge in [0.05, 0.1) is 0 Å². The molecule has 0 aliphatic heterocycles. The van der Waals surface area contributed by atoms with E-state index in [4.69, 9.17) is 0 Å². The van der Waals surface area contributed by atoms with Crippen LogP contribution >= 0.6 is 0 Å². The van der Waals surface area contributed by atoms with Crippen LogP contribution in [0, 0.1) is 5.92 Å². The number of anilines is 1. The standard InChI is InChI=1S/C18H28N2O2/c1-5-6-7-8-15-9-11-16(12-10-15)20-18(22)17(13(2)3)19-14(4)21/h9-13,17H,5-8H2,1-4H3,(H,19,21)(H,20,22)/t17-/m0/s1. The molecule has 1 aromatic rings. The zero-order valence-electron chi connectivity index (χ0n) is 14.1. The lowest BCUT2D eigenvalue weighted by atomic mass is 10.0. The number of unbranched alkanes of at least 4 members (excludes halogenated alkanes) is 2. The average Bonchev–Trinajstić information content (AvgIpc) is 2.46. The van der Waals surface area contributed by atoms with Crippen LogP contribution in [0.2, 0.25) is 0 Å². The summed E-state index contributed by atoms with van der Waals surface area (Å²) >= 11 is 0. The molecular formula is C18H28N2O2. The SMILES string of the molecule is CCCCCc1ccc(NC(=O)[C@@H](NC(C)=O)C(C)C)cc1. The third-order valence-electron chi connectivity index (χ3n) is 3.60. The molecule has 4 nitrogen and oxygen atoms in total. The molecule has 1 rings (SSSR count). The van der Waals surface area contributed by atoms with Crippen LogP contribution in [-0.2, 0) is 16.0 Å². The van der Waals surface area contributed by atoms with Gasteiger partial charge in [0.25, 0.3) is 0 Å². The van der Waals surface area contributed by atoms with Crippen LogP contribution in [-0.4, -0.2) is 17.9 Å². The van der Waals surface area contributed by atoms with Gasteiger partial charge in [-0.1, -0.05) is 45.7 Å². The second kappa shape index (κ2) is 9.23. The summed E-state index contributed by atoms with van der Waals surface area (Å²) in [5.74, 6) is -0.332. The van der Waals surface area contributed by atoms with Crippen molar-refractivity contribution >= 4 is 17.5 Å². The fourth-order valence-corrected chi connectivity index (χ4v) is 2.31. The quantitative estimate of drug-likeness (QED) is 0.722. The van der Waals surface area contributed by atoms with Crippen LogP contribution in [0.4, 0.5) is 5.69 Å². The van der Waals surface area contributed by atoms with E-state index < -0.39 is 6.04 Å². The first-order valence-corrected chi connectivity index (χ1v) is 8.11. The Labute approximate surface area is 133 Å². The highest BCUT2D eigenvalue weighted by Crippen LogP contribution is 2.13. The van der Waals surface area contributed by atoms with E-state index in [1.54, 1.807) is 0 Å². The summed E-state index contributed by atoms with van der Waals surface area (Å²) in [6, 6.07) is 7.43. The maximum atomic E-state index is 12.3. The molecule has 0 heterocycles. The molecule has 0 fully saturated rings. The first-order valence-electron chi connectivity index (χ1n) is 8.11. The number of hydrogen-bond acceptors (Lipinski definition) is 2. The molecule has 122 valence electrons. The highest BCUT2D eigenvalue weighted by atomic mass is 16.2. The maximum absolute atomic E-state index is 12.3. The van der Waals surface area contributed by atoms with Gasteiger partial charge in [0.15, 0.2) is 0 Å². The molecule has 22 heavy (non-hydrogen) atoms. The largest absolute Gasteiger partial charge is 0.344 e. The van der Waals surface area contributed by atoms with E-state index in [-0.39, 0.29) is 17.7 Å². The summed E-state index contributed by atoms with van der Waals surface area (Å²) in [6.07, 6.45) is 4.72. The Morgan fingerprint density at radius 1 is 1.09 bits per heavy atom. The lowest BCUT2D eigenvalue weighted by Crippen LogP contribution is -2.46. The van der Waals surface area contributed by atoms with Crippen LogP contribution < -0.4 is 10.6 Å². The summed E-state index contributed by atoms with van der Waals surface area (Å²) in [7, 11) is 0. The molecule has 4 heteroatoms. The minimum atomic E-state index is -0.512. The van der Waals surface area contributed by atoms with Gasteiger partial charge >= 0.3 is 0 Å². The number of amides is 2. The number of nitrogens with one attached hydrogen (secondary N) is 2. The van der Waals surface area contributed by atoms with E-state index in [0.717, 1.165) is 12.1 Å². The number of carbonyl (C=O) groups excluding carboxylic acids is 2. The summed E-state index contributed by atoms with van der Waals surface area (Å²) in [4.78, 5) is 23.5. The monoisotopic (exact) mass is 304 g/mol. The van der Waals surface area contributed by atoms with Crippen molar-refractivity contribution in [1.29, 1.82) is 0 Å². The summed E-state index contributed by atoms with van der Waals surface area (Å²) in [5, 5.41) is 5.56. The normalized spacial score (nSPS) is 12.0. The molecule has 1 aromatic carbocycles. The highest BCUT2D eigenvalue weighted by Gasteiger charge is 2.22. The fourth-order valence-electron chi connectivity index (χ4n) is 2.31. The molecule has 2 amide bonds. The van der Waals surface area contributed by atoms with Crippen molar-refractivity contribution in [2.24, 2.45) is 5.92 Å². The van der Waals surface area contributed by atoms with Gasteiger partial charge in [0.1, 0.15) is 6.04 Å². The maximum Gasteiger partial charge on any atom is 0.247 e. The van der Waals surface area contributed by atoms with Gasteiger partial charge in [-0.25, -0.2) is 0 Å². The number of carbonyl (C=O) groups is 2. The minimum Gasteiger partial charge on any atom is -0.344 e. The Morgan fingerprint density at radius 3 is 2.23 bits per heavy atom. The Morgan fingerprint density at radius 2 is 1.73 bits per heavy atom. The predicted molar refractivity (Wildman–Crippen MR) is 90.7 cm³/mol. The van der Waals surface area contributed by atoms with Crippen LogP contribution in [0.3, 0.4) is 0 Å². The second-order valence-electron chi connectivity index (χ2n) is 6.07. The third-order valence-corrected chi connectivity index (χ3v) is 3.60. The van der Waals surface area contributed by atoms with Gasteiger partial charge in [-0.15, -0.1) is 0 Å². The van der Waals surface area contributed by atoms with Crippen LogP contribution in [0.15, 0.2) is 24.3 Å². The van der Waals surface area contributed by atoms with Crippen molar-refractivity contribution in [1.82, 2.24) is 5.32 Å². The van der Waals surface area contributed by atoms with E-state index in [9.17, 15) is 9.59 Å². The van der Waals surface area contributed by atoms with Crippen molar-refractivity contribution in [3.05, 3.63) is 29.8 Å². The Hall–Kier alpha value is -1.84. The van der Waals surface area contributed by atoms with E-state index in [1.165, 1.54) is 31.7 Å². The first kappa shape index (κ1) is 18.2. The topological polar surface area (TPSA) is 58.2 Å². The first-order chi connectivity index (χ1) is 10.4. The zero-order chi connectivity index (χ0) is 16.5. The van der Waals surface area contributed by atoms with Gasteiger partial charge in [-0.05, 0) is 36.5 Å². The Balaban J connectivity index is 2.61. The fraction of sp³-hybridized carbons (Fsp3) is 0.556. The Bertz CT molecular complexity index is 480. The predicted octanol–water partition coefficient (Wildman–Crippen LogP) is 3.52. The second-order valence-corrected chi connectivity index (χ2v) is 6.07. The van der Waals surface area contributed by atoms with Gasteiger partial charge in [0, 0.05) is 12.6 Å². The van der Waals surface area contributed by atoms with E-state index in [0.29, 0.717) is 0 Å². The molecular weight excluding hydrogens is 276 g/mol. The van der Waals surface area contributed by atoms with Crippen molar-refractivity contribution in [3.63, 3.8) is 0 Å². The molecule has 1 atom stereocenters. The number of rotatable bonds is 8. The smallest absolute Gasteiger partial charge is 0.247 e. The van der Waals surface area contributed by atoms with E-state index >= 15 is 0 Å². The van der Waals surface area contributed by atoms with Crippen molar-refractivity contribution in [2.75, 3.05) is 5.32 Å². The minimum absolute atomic E-state index is 0.0391. The molecule has 0 spiro atoms. The molecule has 0 saturated heterocycles. The molecule has 0 radical (unpaired) electrons. The van der Waals surface area contributed by atoms with Crippen LogP contribution in [0.5, 0.6) is 0 Å².